The summed E-state index contributed by atoms with van der Waals surface area (Å²) in [4.78, 5) is 12.6. The molecule has 4 heteroatoms. The van der Waals surface area contributed by atoms with Crippen molar-refractivity contribution >= 4 is 5.97 Å². The van der Waals surface area contributed by atoms with Gasteiger partial charge < -0.3 is 10.4 Å². The minimum absolute atomic E-state index is 0.325. The molecule has 82 valence electrons. The van der Waals surface area contributed by atoms with E-state index in [0.29, 0.717) is 6.42 Å². The molecule has 14 heavy (non-hydrogen) atoms. The van der Waals surface area contributed by atoms with Crippen LogP contribution in [0.1, 0.15) is 32.1 Å². The van der Waals surface area contributed by atoms with Gasteiger partial charge in [-0.15, -0.1) is 0 Å². The lowest BCUT2D eigenvalue weighted by Gasteiger charge is -2.12. The Morgan fingerprint density at radius 2 is 2.07 bits per heavy atom. The number of hydrogen-bond acceptors (Lipinski definition) is 3. The Kier molecular flexibility index (Phi) is 5.56. The second-order valence-corrected chi connectivity index (χ2v) is 3.83. The molecule has 1 aliphatic heterocycles. The SMILES string of the molecule is O=C(O)CCCCCCN1CCNC1. The van der Waals surface area contributed by atoms with Crippen LogP contribution in [0.15, 0.2) is 0 Å². The summed E-state index contributed by atoms with van der Waals surface area (Å²) in [5.74, 6) is -0.672. The van der Waals surface area contributed by atoms with Crippen LogP contribution in [-0.2, 0) is 4.79 Å². The van der Waals surface area contributed by atoms with Gasteiger partial charge in [-0.1, -0.05) is 12.8 Å². The van der Waals surface area contributed by atoms with Crippen molar-refractivity contribution in [1.82, 2.24) is 10.2 Å². The highest BCUT2D eigenvalue weighted by molar-refractivity contribution is 5.66. The Balaban J connectivity index is 1.82. The van der Waals surface area contributed by atoms with Crippen molar-refractivity contribution in [2.45, 2.75) is 32.1 Å². The number of hydrogen-bond donors (Lipinski definition) is 2. The first-order chi connectivity index (χ1) is 6.79. The number of rotatable bonds is 7. The molecule has 1 fully saturated rings. The average molecular weight is 200 g/mol. The molecule has 0 unspecified atom stereocenters. The Morgan fingerprint density at radius 3 is 2.71 bits per heavy atom. The summed E-state index contributed by atoms with van der Waals surface area (Å²) in [5.41, 5.74) is 0. The van der Waals surface area contributed by atoms with Crippen LogP contribution >= 0.6 is 0 Å². The third-order valence-electron chi connectivity index (χ3n) is 2.56. The highest BCUT2D eigenvalue weighted by Gasteiger charge is 2.08. The van der Waals surface area contributed by atoms with Gasteiger partial charge in [0.05, 0.1) is 0 Å². The van der Waals surface area contributed by atoms with E-state index in [4.69, 9.17) is 5.11 Å². The lowest BCUT2D eigenvalue weighted by atomic mass is 10.1. The molecule has 0 aromatic rings. The fourth-order valence-electron chi connectivity index (χ4n) is 1.71. The van der Waals surface area contributed by atoms with E-state index >= 15 is 0 Å². The van der Waals surface area contributed by atoms with Gasteiger partial charge in [0.15, 0.2) is 0 Å². The van der Waals surface area contributed by atoms with Gasteiger partial charge in [0.1, 0.15) is 0 Å². The molecular formula is C10H20N2O2. The van der Waals surface area contributed by atoms with Crippen LogP contribution in [0.4, 0.5) is 0 Å². The normalized spacial score (nSPS) is 17.4. The van der Waals surface area contributed by atoms with Gasteiger partial charge in [-0.25, -0.2) is 0 Å². The van der Waals surface area contributed by atoms with E-state index < -0.39 is 5.97 Å². The molecule has 4 nitrogen and oxygen atoms in total. The first kappa shape index (κ1) is 11.5. The maximum Gasteiger partial charge on any atom is 0.303 e. The summed E-state index contributed by atoms with van der Waals surface area (Å²) in [6.45, 7) is 4.45. The van der Waals surface area contributed by atoms with Crippen LogP contribution < -0.4 is 5.32 Å². The Morgan fingerprint density at radius 1 is 1.29 bits per heavy atom. The molecule has 0 bridgehead atoms. The molecule has 2 N–H and O–H groups in total. The summed E-state index contributed by atoms with van der Waals surface area (Å²) in [6.07, 6.45) is 4.55. The van der Waals surface area contributed by atoms with Crippen molar-refractivity contribution in [3.63, 3.8) is 0 Å². The zero-order chi connectivity index (χ0) is 10.2. The van der Waals surface area contributed by atoms with Crippen LogP contribution in [0.5, 0.6) is 0 Å². The molecule has 0 aromatic heterocycles. The maximum atomic E-state index is 10.2. The number of aliphatic carboxylic acids is 1. The van der Waals surface area contributed by atoms with Crippen molar-refractivity contribution in [2.75, 3.05) is 26.3 Å². The van der Waals surface area contributed by atoms with Gasteiger partial charge >= 0.3 is 5.97 Å². The fourth-order valence-corrected chi connectivity index (χ4v) is 1.71. The smallest absolute Gasteiger partial charge is 0.303 e. The predicted molar refractivity (Wildman–Crippen MR) is 55.2 cm³/mol. The molecule has 1 saturated heterocycles. The first-order valence-electron chi connectivity index (χ1n) is 5.44. The van der Waals surface area contributed by atoms with Crippen molar-refractivity contribution in [1.29, 1.82) is 0 Å². The van der Waals surface area contributed by atoms with Gasteiger partial charge in [0, 0.05) is 26.2 Å². The fraction of sp³-hybridized carbons (Fsp3) is 0.900. The summed E-state index contributed by atoms with van der Waals surface area (Å²) in [6, 6.07) is 0. The van der Waals surface area contributed by atoms with Crippen LogP contribution in [-0.4, -0.2) is 42.3 Å². The van der Waals surface area contributed by atoms with Gasteiger partial charge in [-0.05, 0) is 19.4 Å². The van der Waals surface area contributed by atoms with Crippen molar-refractivity contribution in [3.05, 3.63) is 0 Å². The topological polar surface area (TPSA) is 52.6 Å². The van der Waals surface area contributed by atoms with Crippen LogP contribution in [0.25, 0.3) is 0 Å². The molecule has 1 heterocycles. The number of nitrogens with one attached hydrogen (secondary N) is 1. The van der Waals surface area contributed by atoms with E-state index in [1.807, 2.05) is 0 Å². The van der Waals surface area contributed by atoms with Gasteiger partial charge in [-0.3, -0.25) is 9.69 Å². The minimum atomic E-state index is -0.672. The first-order valence-corrected chi connectivity index (χ1v) is 5.44. The van der Waals surface area contributed by atoms with Crippen molar-refractivity contribution < 1.29 is 9.90 Å². The second kappa shape index (κ2) is 6.79. The van der Waals surface area contributed by atoms with Gasteiger partial charge in [0.2, 0.25) is 0 Å². The van der Waals surface area contributed by atoms with Crippen LogP contribution in [0.2, 0.25) is 0 Å². The average Bonchev–Trinajstić information content (AvgIpc) is 2.63. The predicted octanol–water partition coefficient (Wildman–Crippen LogP) is 0.884. The number of carbonyl (C=O) groups is 1. The van der Waals surface area contributed by atoms with E-state index in [0.717, 1.165) is 45.6 Å². The number of nitrogens with zero attached hydrogens (tertiary/aromatic N) is 1. The number of carboxylic acids is 1. The van der Waals surface area contributed by atoms with Crippen molar-refractivity contribution in [2.24, 2.45) is 0 Å². The summed E-state index contributed by atoms with van der Waals surface area (Å²) >= 11 is 0. The summed E-state index contributed by atoms with van der Waals surface area (Å²) < 4.78 is 0. The van der Waals surface area contributed by atoms with Crippen LogP contribution in [0, 0.1) is 0 Å². The maximum absolute atomic E-state index is 10.2. The molecule has 0 saturated carbocycles. The van der Waals surface area contributed by atoms with Gasteiger partial charge in [-0.2, -0.15) is 0 Å². The summed E-state index contributed by atoms with van der Waals surface area (Å²) in [7, 11) is 0. The monoisotopic (exact) mass is 200 g/mol. The lowest BCUT2D eigenvalue weighted by Crippen LogP contribution is -2.23. The molecule has 0 radical (unpaired) electrons. The largest absolute Gasteiger partial charge is 0.481 e. The summed E-state index contributed by atoms with van der Waals surface area (Å²) in [5, 5.41) is 11.7. The van der Waals surface area contributed by atoms with E-state index in [9.17, 15) is 4.79 Å². The third-order valence-corrected chi connectivity index (χ3v) is 2.56. The molecule has 0 aromatic carbocycles. The molecule has 0 atom stereocenters. The molecule has 1 rings (SSSR count). The molecular weight excluding hydrogens is 180 g/mol. The minimum Gasteiger partial charge on any atom is -0.481 e. The Labute approximate surface area is 85.3 Å². The molecule has 1 aliphatic rings. The molecule has 0 amide bonds. The number of carboxylic acid groups (broad SMARTS) is 1. The number of unbranched alkanes of at least 4 members (excludes halogenated alkanes) is 3. The Bertz CT molecular complexity index is 168. The van der Waals surface area contributed by atoms with Crippen molar-refractivity contribution in [3.8, 4) is 0 Å². The van der Waals surface area contributed by atoms with E-state index in [-0.39, 0.29) is 0 Å². The second-order valence-electron chi connectivity index (χ2n) is 3.83. The standard InChI is InChI=1S/C10H20N2O2/c13-10(14)5-3-1-2-4-7-12-8-6-11-9-12/h11H,1-9H2,(H,13,14). The molecule has 0 aliphatic carbocycles. The van der Waals surface area contributed by atoms with E-state index in [2.05, 4.69) is 10.2 Å². The van der Waals surface area contributed by atoms with Crippen LogP contribution in [0.3, 0.4) is 0 Å². The highest BCUT2D eigenvalue weighted by Crippen LogP contribution is 2.04. The van der Waals surface area contributed by atoms with E-state index in [1.165, 1.54) is 6.42 Å². The third kappa shape index (κ3) is 5.19. The van der Waals surface area contributed by atoms with Gasteiger partial charge in [0.25, 0.3) is 0 Å². The zero-order valence-corrected chi connectivity index (χ0v) is 8.67. The molecule has 0 spiro atoms. The highest BCUT2D eigenvalue weighted by atomic mass is 16.4. The lowest BCUT2D eigenvalue weighted by molar-refractivity contribution is -0.137. The van der Waals surface area contributed by atoms with E-state index in [1.54, 1.807) is 0 Å². The Hall–Kier alpha value is -0.610. The zero-order valence-electron chi connectivity index (χ0n) is 8.67. The quantitative estimate of drug-likeness (QED) is 0.599.